The third-order valence-corrected chi connectivity index (χ3v) is 3.88. The van der Waals surface area contributed by atoms with Crippen molar-refractivity contribution in [2.24, 2.45) is 7.05 Å². The lowest BCUT2D eigenvalue weighted by Gasteiger charge is -2.02. The molecule has 0 aliphatic rings. The van der Waals surface area contributed by atoms with Crippen LogP contribution in [0.3, 0.4) is 0 Å². The fraction of sp³-hybridized carbons (Fsp3) is 0.111. The normalized spacial score (nSPS) is 11.0. The van der Waals surface area contributed by atoms with E-state index >= 15 is 0 Å². The summed E-state index contributed by atoms with van der Waals surface area (Å²) in [5.41, 5.74) is 0.873. The van der Waals surface area contributed by atoms with E-state index in [1.54, 1.807) is 31.4 Å². The highest BCUT2D eigenvalue weighted by Gasteiger charge is 2.20. The summed E-state index contributed by atoms with van der Waals surface area (Å²) in [7, 11) is 3.43. The molecule has 0 bridgehead atoms. The Balaban J connectivity index is 1.81. The Morgan fingerprint density at radius 3 is 2.84 bits per heavy atom. The largest absolute Gasteiger partial charge is 0.497 e. The molecule has 4 rings (SSSR count). The first kappa shape index (κ1) is 15.1. The van der Waals surface area contributed by atoms with Gasteiger partial charge in [-0.05, 0) is 29.4 Å². The molecule has 0 unspecified atom stereocenters. The molecule has 0 atom stereocenters. The molecule has 124 valence electrons. The zero-order valence-corrected chi connectivity index (χ0v) is 13.6. The highest BCUT2D eigenvalue weighted by atomic mass is 16.5. The molecule has 25 heavy (non-hydrogen) atoms. The van der Waals surface area contributed by atoms with Gasteiger partial charge in [-0.1, -0.05) is 0 Å². The van der Waals surface area contributed by atoms with Crippen molar-refractivity contribution in [2.75, 3.05) is 7.11 Å². The van der Waals surface area contributed by atoms with Gasteiger partial charge in [-0.25, -0.2) is 4.79 Å². The van der Waals surface area contributed by atoms with Crippen molar-refractivity contribution in [2.45, 2.75) is 0 Å². The lowest BCUT2D eigenvalue weighted by Crippen LogP contribution is -2.30. The molecule has 3 heterocycles. The van der Waals surface area contributed by atoms with Gasteiger partial charge < -0.3 is 13.7 Å². The van der Waals surface area contributed by atoms with Crippen LogP contribution in [0.2, 0.25) is 0 Å². The zero-order chi connectivity index (χ0) is 17.4. The van der Waals surface area contributed by atoms with E-state index in [2.05, 4.69) is 10.1 Å². The van der Waals surface area contributed by atoms with Crippen LogP contribution in [0.1, 0.15) is 0 Å². The van der Waals surface area contributed by atoms with Crippen molar-refractivity contribution in [3.63, 3.8) is 0 Å². The zero-order valence-electron chi connectivity index (χ0n) is 13.6. The molecule has 7 nitrogen and oxygen atoms in total. The summed E-state index contributed by atoms with van der Waals surface area (Å²) in [6, 6.07) is 12.6. The Morgan fingerprint density at radius 2 is 2.04 bits per heavy atom. The average molecular weight is 336 g/mol. The third kappa shape index (κ3) is 2.65. The molecule has 0 saturated heterocycles. The maximum Gasteiger partial charge on any atom is 0.349 e. The second-order valence-corrected chi connectivity index (χ2v) is 5.47. The number of methoxy groups -OCH3 is 1. The van der Waals surface area contributed by atoms with Crippen LogP contribution in [0.25, 0.3) is 33.9 Å². The predicted octanol–water partition coefficient (Wildman–Crippen LogP) is 2.34. The van der Waals surface area contributed by atoms with E-state index in [-0.39, 0.29) is 11.5 Å². The monoisotopic (exact) mass is 336 g/mol. The number of benzene rings is 1. The van der Waals surface area contributed by atoms with Crippen molar-refractivity contribution < 1.29 is 18.2 Å². The van der Waals surface area contributed by atoms with Crippen LogP contribution >= 0.6 is 0 Å². The van der Waals surface area contributed by atoms with Crippen LogP contribution < -0.4 is 14.9 Å². The Kier molecular flexibility index (Phi) is 3.53. The molecular weight excluding hydrogens is 322 g/mol. The Labute approximate surface area is 142 Å². The number of fused-ring (bicyclic) bond motifs is 1. The summed E-state index contributed by atoms with van der Waals surface area (Å²) in [6.45, 7) is 0. The SMILES string of the molecule is COc1ccc2cc(-c3nc(-c4cccc[n+]4C)no3)c(=O)oc2c1. The van der Waals surface area contributed by atoms with Crippen LogP contribution in [-0.4, -0.2) is 17.3 Å². The van der Waals surface area contributed by atoms with E-state index < -0.39 is 5.63 Å². The number of pyridine rings is 1. The molecule has 0 spiro atoms. The first-order chi connectivity index (χ1) is 12.2. The average Bonchev–Trinajstić information content (AvgIpc) is 3.10. The van der Waals surface area contributed by atoms with Gasteiger partial charge in [0.15, 0.2) is 6.20 Å². The number of aromatic nitrogens is 3. The molecule has 0 amide bonds. The summed E-state index contributed by atoms with van der Waals surface area (Å²) < 4.78 is 17.6. The molecule has 0 saturated carbocycles. The fourth-order valence-electron chi connectivity index (χ4n) is 2.56. The van der Waals surface area contributed by atoms with Gasteiger partial charge in [-0.3, -0.25) is 0 Å². The van der Waals surface area contributed by atoms with Crippen molar-refractivity contribution in [3.8, 4) is 28.7 Å². The Hall–Kier alpha value is -3.48. The molecule has 0 radical (unpaired) electrons. The van der Waals surface area contributed by atoms with Crippen LogP contribution in [0, 0.1) is 0 Å². The second-order valence-electron chi connectivity index (χ2n) is 5.47. The van der Waals surface area contributed by atoms with Crippen LogP contribution in [0.5, 0.6) is 5.75 Å². The molecular formula is C18H14N3O4+. The van der Waals surface area contributed by atoms with E-state index in [4.69, 9.17) is 13.7 Å². The Morgan fingerprint density at radius 1 is 1.16 bits per heavy atom. The van der Waals surface area contributed by atoms with Gasteiger partial charge >= 0.3 is 5.63 Å². The highest BCUT2D eigenvalue weighted by molar-refractivity contribution is 5.81. The molecule has 0 fully saturated rings. The Bertz CT molecular complexity index is 1130. The van der Waals surface area contributed by atoms with Gasteiger partial charge in [0.2, 0.25) is 0 Å². The van der Waals surface area contributed by atoms with E-state index in [9.17, 15) is 4.79 Å². The molecule has 0 N–H and O–H groups in total. The standard InChI is InChI=1S/C18H14N3O4/c1-21-8-4-3-5-14(21)16-19-17(25-20-16)13-9-11-6-7-12(23-2)10-15(11)24-18(13)22/h3-10H,1-2H3/q+1. The molecule has 7 heteroatoms. The summed E-state index contributed by atoms with van der Waals surface area (Å²) >= 11 is 0. The van der Waals surface area contributed by atoms with Crippen molar-refractivity contribution in [3.05, 3.63) is 59.1 Å². The maximum absolute atomic E-state index is 12.3. The number of hydrogen-bond donors (Lipinski definition) is 0. The van der Waals surface area contributed by atoms with Crippen molar-refractivity contribution >= 4 is 11.0 Å². The van der Waals surface area contributed by atoms with Gasteiger partial charge in [0.1, 0.15) is 23.9 Å². The number of nitrogens with zero attached hydrogens (tertiary/aromatic N) is 3. The summed E-state index contributed by atoms with van der Waals surface area (Å²) in [6.07, 6.45) is 1.88. The molecule has 4 aromatic rings. The van der Waals surface area contributed by atoms with Gasteiger partial charge in [0.25, 0.3) is 17.4 Å². The van der Waals surface area contributed by atoms with Crippen LogP contribution in [0.4, 0.5) is 0 Å². The summed E-state index contributed by atoms with van der Waals surface area (Å²) in [4.78, 5) is 16.6. The van der Waals surface area contributed by atoms with E-state index in [1.165, 1.54) is 0 Å². The maximum atomic E-state index is 12.3. The van der Waals surface area contributed by atoms with Crippen molar-refractivity contribution in [1.29, 1.82) is 0 Å². The number of ether oxygens (including phenoxy) is 1. The summed E-state index contributed by atoms with van der Waals surface area (Å²) in [5.74, 6) is 1.12. The third-order valence-electron chi connectivity index (χ3n) is 3.88. The first-order valence-electron chi connectivity index (χ1n) is 7.57. The fourth-order valence-corrected chi connectivity index (χ4v) is 2.56. The molecule has 0 aliphatic carbocycles. The van der Waals surface area contributed by atoms with Crippen LogP contribution in [0.15, 0.2) is 62.4 Å². The second kappa shape index (κ2) is 5.86. The number of hydrogen-bond acceptors (Lipinski definition) is 6. The predicted molar refractivity (Wildman–Crippen MR) is 88.9 cm³/mol. The molecule has 3 aromatic heterocycles. The molecule has 1 aromatic carbocycles. The van der Waals surface area contributed by atoms with E-state index in [0.717, 1.165) is 11.1 Å². The smallest absolute Gasteiger partial charge is 0.349 e. The van der Waals surface area contributed by atoms with E-state index in [1.807, 2.05) is 36.0 Å². The van der Waals surface area contributed by atoms with Crippen molar-refractivity contribution in [1.82, 2.24) is 10.1 Å². The molecule has 0 aliphatic heterocycles. The minimum Gasteiger partial charge on any atom is -0.497 e. The lowest BCUT2D eigenvalue weighted by atomic mass is 10.2. The van der Waals surface area contributed by atoms with Gasteiger partial charge in [-0.2, -0.15) is 9.55 Å². The van der Waals surface area contributed by atoms with Gasteiger partial charge in [0.05, 0.1) is 7.11 Å². The first-order valence-corrected chi connectivity index (χ1v) is 7.57. The quantitative estimate of drug-likeness (QED) is 0.422. The summed E-state index contributed by atoms with van der Waals surface area (Å²) in [5, 5.41) is 4.70. The van der Waals surface area contributed by atoms with E-state index in [0.29, 0.717) is 17.2 Å². The number of aryl methyl sites for hydroxylation is 1. The highest BCUT2D eigenvalue weighted by Crippen LogP contribution is 2.24. The number of rotatable bonds is 3. The minimum absolute atomic E-state index is 0.116. The topological polar surface area (TPSA) is 82.2 Å². The minimum atomic E-state index is -0.548. The lowest BCUT2D eigenvalue weighted by molar-refractivity contribution is -0.660. The van der Waals surface area contributed by atoms with Crippen LogP contribution in [-0.2, 0) is 7.05 Å². The van der Waals surface area contributed by atoms with Gasteiger partial charge in [-0.15, -0.1) is 0 Å². The van der Waals surface area contributed by atoms with Gasteiger partial charge in [0, 0.05) is 23.6 Å².